The highest BCUT2D eigenvalue weighted by Gasteiger charge is 2.46. The molecule has 3 rings (SSSR count). The van der Waals surface area contributed by atoms with Gasteiger partial charge in [-0.25, -0.2) is 4.79 Å². The zero-order valence-corrected chi connectivity index (χ0v) is 21.0. The topological polar surface area (TPSA) is 110 Å². The maximum atomic E-state index is 13.2. The molecule has 1 atom stereocenters. The van der Waals surface area contributed by atoms with E-state index in [9.17, 15) is 14.7 Å². The minimum atomic E-state index is -1.77. The Bertz CT molecular complexity index is 995. The molecule has 2 aromatic rings. The molecule has 4 N–H and O–H groups in total. The molecule has 1 aromatic heterocycles. The zero-order valence-electron chi connectivity index (χ0n) is 20.0. The van der Waals surface area contributed by atoms with Crippen LogP contribution >= 0.6 is 0 Å². The summed E-state index contributed by atoms with van der Waals surface area (Å²) in [6, 6.07) is 8.58. The number of urea groups is 1. The lowest BCUT2D eigenvalue weighted by Crippen LogP contribution is -2.48. The van der Waals surface area contributed by atoms with E-state index in [1.807, 2.05) is 58.0 Å². The van der Waals surface area contributed by atoms with E-state index in [2.05, 4.69) is 40.5 Å². The summed E-state index contributed by atoms with van der Waals surface area (Å²) in [7, 11) is -1.77. The summed E-state index contributed by atoms with van der Waals surface area (Å²) >= 11 is 0. The lowest BCUT2D eigenvalue weighted by Gasteiger charge is -2.35. The highest BCUT2D eigenvalue weighted by molar-refractivity contribution is 6.82. The van der Waals surface area contributed by atoms with Crippen molar-refractivity contribution in [1.82, 2.24) is 20.4 Å². The molecule has 0 aliphatic carbocycles. The summed E-state index contributed by atoms with van der Waals surface area (Å²) in [5.74, 6) is 0.414. The van der Waals surface area contributed by atoms with Crippen molar-refractivity contribution in [3.8, 4) is 0 Å². The van der Waals surface area contributed by atoms with Gasteiger partial charge < -0.3 is 20.6 Å². The Hall–Kier alpha value is -2.65. The number of aromatic amines is 1. The van der Waals surface area contributed by atoms with E-state index < -0.39 is 24.7 Å². The lowest BCUT2D eigenvalue weighted by molar-refractivity contribution is -0.118. The van der Waals surface area contributed by atoms with Crippen LogP contribution in [0.1, 0.15) is 50.6 Å². The van der Waals surface area contributed by atoms with Crippen LogP contribution in [0.4, 0.5) is 10.6 Å². The van der Waals surface area contributed by atoms with Crippen molar-refractivity contribution < 1.29 is 14.7 Å². The summed E-state index contributed by atoms with van der Waals surface area (Å²) in [5, 5.41) is 22.7. The number of H-pyrrole nitrogens is 1. The smallest absolute Gasteiger partial charge is 0.319 e. The number of nitrogens with one attached hydrogen (secondary N) is 3. The van der Waals surface area contributed by atoms with Crippen LogP contribution in [0.25, 0.3) is 0 Å². The van der Waals surface area contributed by atoms with Gasteiger partial charge in [-0.1, -0.05) is 63.8 Å². The fraction of sp³-hybridized carbons (Fsp3) is 0.522. The predicted molar refractivity (Wildman–Crippen MR) is 128 cm³/mol. The molecule has 2 heterocycles. The van der Waals surface area contributed by atoms with E-state index >= 15 is 0 Å². The third-order valence-electron chi connectivity index (χ3n) is 7.07. The van der Waals surface area contributed by atoms with Crippen molar-refractivity contribution in [1.29, 1.82) is 0 Å². The molecule has 0 radical (unpaired) electrons. The van der Waals surface area contributed by atoms with Gasteiger partial charge in [0.05, 0.1) is 38.5 Å². The number of amides is 3. The van der Waals surface area contributed by atoms with E-state index in [4.69, 9.17) is 0 Å². The minimum Gasteiger partial charge on any atom is -0.394 e. The Balaban J connectivity index is 1.80. The van der Waals surface area contributed by atoms with E-state index in [1.54, 1.807) is 4.90 Å². The SMILES string of the molecule is CC1(C)c2[nH]nc(NC(=O)C(C)(C)[Si](C)(C)C)c2CN1C(=O)NC(CO)c1ccccc1. The first kappa shape index (κ1) is 24.0. The quantitative estimate of drug-likeness (QED) is 0.492. The molecule has 1 aromatic carbocycles. The molecule has 0 bridgehead atoms. The average Bonchev–Trinajstić information content (AvgIpc) is 3.24. The summed E-state index contributed by atoms with van der Waals surface area (Å²) in [5.41, 5.74) is 1.79. The van der Waals surface area contributed by atoms with Crippen molar-refractivity contribution in [2.75, 3.05) is 11.9 Å². The number of aliphatic hydroxyl groups is 1. The Labute approximate surface area is 190 Å². The van der Waals surface area contributed by atoms with Crippen LogP contribution in [0.3, 0.4) is 0 Å². The van der Waals surface area contributed by atoms with Crippen molar-refractivity contribution in [2.24, 2.45) is 0 Å². The number of carbonyl (C=O) groups excluding carboxylic acids is 2. The number of hydrogen-bond donors (Lipinski definition) is 4. The number of aromatic nitrogens is 2. The molecule has 0 saturated heterocycles. The van der Waals surface area contributed by atoms with Gasteiger partial charge in [-0.2, -0.15) is 5.10 Å². The summed E-state index contributed by atoms with van der Waals surface area (Å²) in [6.07, 6.45) is 0. The maximum Gasteiger partial charge on any atom is 0.319 e. The summed E-state index contributed by atoms with van der Waals surface area (Å²) in [4.78, 5) is 27.9. The lowest BCUT2D eigenvalue weighted by atomic mass is 10.0. The minimum absolute atomic E-state index is 0.0592. The van der Waals surface area contributed by atoms with Gasteiger partial charge in [0.25, 0.3) is 0 Å². The average molecular weight is 458 g/mol. The Kier molecular flexibility index (Phi) is 6.27. The van der Waals surface area contributed by atoms with Crippen molar-refractivity contribution in [2.45, 2.75) is 70.5 Å². The fourth-order valence-corrected chi connectivity index (χ4v) is 4.44. The highest BCUT2D eigenvalue weighted by atomic mass is 28.3. The molecule has 0 fully saturated rings. The molecule has 1 unspecified atom stereocenters. The Morgan fingerprint density at radius 1 is 1.25 bits per heavy atom. The number of hydrogen-bond acceptors (Lipinski definition) is 4. The second-order valence-electron chi connectivity index (χ2n) is 10.5. The van der Waals surface area contributed by atoms with Crippen LogP contribution in [-0.4, -0.2) is 46.8 Å². The summed E-state index contributed by atoms with van der Waals surface area (Å²) in [6.45, 7) is 14.4. The van der Waals surface area contributed by atoms with Crippen molar-refractivity contribution in [3.05, 3.63) is 47.2 Å². The van der Waals surface area contributed by atoms with Crippen molar-refractivity contribution in [3.63, 3.8) is 0 Å². The van der Waals surface area contributed by atoms with E-state index in [-0.39, 0.29) is 18.5 Å². The third kappa shape index (κ3) is 4.19. The highest BCUT2D eigenvalue weighted by Crippen LogP contribution is 2.42. The molecule has 174 valence electrons. The van der Waals surface area contributed by atoms with Crippen molar-refractivity contribution >= 4 is 25.8 Å². The largest absolute Gasteiger partial charge is 0.394 e. The number of fused-ring (bicyclic) bond motifs is 1. The zero-order chi connectivity index (χ0) is 23.9. The standard InChI is InChI=1S/C23H35N5O3Si/c1-22(2)18-16(19(27-26-18)25-20(30)23(3,4)32(5,6)7)13-28(22)21(31)24-17(14-29)15-11-9-8-10-12-15/h8-12,17,29H,13-14H2,1-7H3,(H,24,31)(H2,25,26,27,30). The molecule has 8 nitrogen and oxygen atoms in total. The van der Waals surface area contributed by atoms with Crippen LogP contribution in [0.15, 0.2) is 30.3 Å². The van der Waals surface area contributed by atoms with Gasteiger partial charge in [0, 0.05) is 10.6 Å². The van der Waals surface area contributed by atoms with Gasteiger partial charge in [0.2, 0.25) is 5.91 Å². The molecule has 1 aliphatic heterocycles. The predicted octanol–water partition coefficient (Wildman–Crippen LogP) is 3.96. The molecule has 3 amide bonds. The Morgan fingerprint density at radius 2 is 1.88 bits per heavy atom. The first-order valence-corrected chi connectivity index (χ1v) is 14.4. The van der Waals surface area contributed by atoms with Gasteiger partial charge in [0.15, 0.2) is 5.82 Å². The fourth-order valence-electron chi connectivity index (χ4n) is 3.70. The molecular weight excluding hydrogens is 422 g/mol. The van der Waals surface area contributed by atoms with Gasteiger partial charge >= 0.3 is 6.03 Å². The Morgan fingerprint density at radius 3 is 2.44 bits per heavy atom. The first-order chi connectivity index (χ1) is 14.8. The second-order valence-corrected chi connectivity index (χ2v) is 16.2. The van der Waals surface area contributed by atoms with Crippen LogP contribution in [0, 0.1) is 0 Å². The summed E-state index contributed by atoms with van der Waals surface area (Å²) < 4.78 is 0. The number of aliphatic hydroxyl groups excluding tert-OH is 1. The third-order valence-corrected chi connectivity index (χ3v) is 11.0. The normalized spacial score (nSPS) is 16.4. The molecular formula is C23H35N5O3Si. The number of rotatable bonds is 6. The monoisotopic (exact) mass is 457 g/mol. The van der Waals surface area contributed by atoms with E-state index in [1.165, 1.54) is 0 Å². The first-order valence-electron chi connectivity index (χ1n) is 10.9. The molecule has 0 spiro atoms. The number of benzene rings is 1. The van der Waals surface area contributed by atoms with Crippen LogP contribution in [-0.2, 0) is 16.9 Å². The number of carbonyl (C=O) groups is 2. The van der Waals surface area contributed by atoms with Crippen LogP contribution in [0.2, 0.25) is 24.7 Å². The number of nitrogens with zero attached hydrogens (tertiary/aromatic N) is 2. The van der Waals surface area contributed by atoms with Gasteiger partial charge in [-0.05, 0) is 19.4 Å². The molecule has 1 aliphatic rings. The number of anilines is 1. The van der Waals surface area contributed by atoms with Gasteiger partial charge in [-0.15, -0.1) is 0 Å². The molecule has 0 saturated carbocycles. The van der Waals surface area contributed by atoms with Gasteiger partial charge in [0.1, 0.15) is 0 Å². The van der Waals surface area contributed by atoms with Crippen LogP contribution in [0.5, 0.6) is 0 Å². The second kappa shape index (κ2) is 8.36. The van der Waals surface area contributed by atoms with E-state index in [0.717, 1.165) is 16.8 Å². The maximum absolute atomic E-state index is 13.2. The molecule has 9 heteroatoms. The van der Waals surface area contributed by atoms with Crippen LogP contribution < -0.4 is 10.6 Å². The van der Waals surface area contributed by atoms with Gasteiger partial charge in [-0.3, -0.25) is 9.89 Å². The molecule has 32 heavy (non-hydrogen) atoms. The van der Waals surface area contributed by atoms with E-state index in [0.29, 0.717) is 12.4 Å².